The van der Waals surface area contributed by atoms with Crippen LogP contribution in [-0.2, 0) is 9.84 Å². The largest absolute Gasteiger partial charge is 0.236 e. The maximum Gasteiger partial charge on any atom is 0.177 e. The Morgan fingerprint density at radius 1 is 0.815 bits per heavy atom. The normalized spacial score (nSPS) is 11.4. The summed E-state index contributed by atoms with van der Waals surface area (Å²) in [4.78, 5) is 4.51. The molecule has 2 aromatic heterocycles. The molecule has 5 nitrogen and oxygen atoms in total. The van der Waals surface area contributed by atoms with Gasteiger partial charge in [0.25, 0.3) is 0 Å². The molecule has 0 saturated heterocycles. The Morgan fingerprint density at radius 3 is 2.00 bits per heavy atom. The fourth-order valence-corrected chi connectivity index (χ4v) is 3.40. The van der Waals surface area contributed by atoms with Crippen LogP contribution in [0.4, 0.5) is 0 Å². The van der Waals surface area contributed by atoms with Crippen LogP contribution in [0.1, 0.15) is 0 Å². The van der Waals surface area contributed by atoms with Crippen LogP contribution in [0.15, 0.2) is 90.0 Å². The molecule has 0 aliphatic carbocycles. The maximum atomic E-state index is 11.7. The van der Waals surface area contributed by atoms with Gasteiger partial charge >= 0.3 is 0 Å². The van der Waals surface area contributed by atoms with Crippen molar-refractivity contribution in [3.05, 3.63) is 85.1 Å². The predicted octanol–water partition coefficient (Wildman–Crippen LogP) is 4.00. The number of aromatic nitrogens is 3. The first-order valence-electron chi connectivity index (χ1n) is 8.40. The summed E-state index contributed by atoms with van der Waals surface area (Å²) in [5, 5.41) is 4.72. The minimum Gasteiger partial charge on any atom is -0.236 e. The molecule has 27 heavy (non-hydrogen) atoms. The third-order valence-corrected chi connectivity index (χ3v) is 5.31. The molecular formula is C21H17N3O2S. The van der Waals surface area contributed by atoms with Gasteiger partial charge in [0.15, 0.2) is 15.7 Å². The number of nitrogens with zero attached hydrogens (tertiary/aromatic N) is 3. The topological polar surface area (TPSA) is 64.8 Å². The van der Waals surface area contributed by atoms with Crippen LogP contribution in [0.3, 0.4) is 0 Å². The van der Waals surface area contributed by atoms with Crippen molar-refractivity contribution >= 4 is 9.84 Å². The van der Waals surface area contributed by atoms with E-state index in [9.17, 15) is 8.42 Å². The van der Waals surface area contributed by atoms with Crippen LogP contribution in [0.2, 0.25) is 0 Å². The van der Waals surface area contributed by atoms with Gasteiger partial charge in [-0.25, -0.2) is 18.1 Å². The Kier molecular flexibility index (Phi) is 4.33. The first-order chi connectivity index (χ1) is 13.0. The van der Waals surface area contributed by atoms with Crippen LogP contribution in [0, 0.1) is 0 Å². The molecule has 4 aromatic rings. The van der Waals surface area contributed by atoms with Crippen molar-refractivity contribution in [2.45, 2.75) is 4.90 Å². The van der Waals surface area contributed by atoms with Gasteiger partial charge in [-0.3, -0.25) is 0 Å². The third kappa shape index (κ3) is 3.52. The lowest BCUT2D eigenvalue weighted by atomic mass is 10.1. The second-order valence-corrected chi connectivity index (χ2v) is 8.20. The number of sulfone groups is 1. The molecule has 2 aromatic carbocycles. The first kappa shape index (κ1) is 17.2. The summed E-state index contributed by atoms with van der Waals surface area (Å²) < 4.78 is 25.1. The maximum absolute atomic E-state index is 11.7. The van der Waals surface area contributed by atoms with E-state index in [4.69, 9.17) is 5.10 Å². The van der Waals surface area contributed by atoms with E-state index in [2.05, 4.69) is 4.98 Å². The first-order valence-corrected chi connectivity index (χ1v) is 10.3. The van der Waals surface area contributed by atoms with E-state index >= 15 is 0 Å². The van der Waals surface area contributed by atoms with Crippen LogP contribution < -0.4 is 0 Å². The van der Waals surface area contributed by atoms with E-state index in [0.29, 0.717) is 5.82 Å². The highest BCUT2D eigenvalue weighted by Gasteiger charge is 2.15. The molecule has 0 aliphatic rings. The highest BCUT2D eigenvalue weighted by Crippen LogP contribution is 2.28. The average Bonchev–Trinajstić information content (AvgIpc) is 3.14. The fraction of sp³-hybridized carbons (Fsp3) is 0.0476. The minimum atomic E-state index is -3.29. The van der Waals surface area contributed by atoms with Crippen LogP contribution in [0.5, 0.6) is 0 Å². The van der Waals surface area contributed by atoms with Crippen LogP contribution in [-0.4, -0.2) is 29.4 Å². The summed E-state index contributed by atoms with van der Waals surface area (Å²) in [6, 6.07) is 25.0. The standard InChI is InChI=1S/C21H17N3O2S/c1-27(25,26)18-12-13-21(22-15-18)24-20(17-10-6-3-7-11-17)14-19(23-24)16-8-4-2-5-9-16/h2-15H,1H3. The van der Waals surface area contributed by atoms with Crippen molar-refractivity contribution < 1.29 is 8.42 Å². The lowest BCUT2D eigenvalue weighted by Crippen LogP contribution is -2.04. The van der Waals surface area contributed by atoms with E-state index in [0.717, 1.165) is 22.5 Å². The molecule has 2 heterocycles. The van der Waals surface area contributed by atoms with E-state index in [1.807, 2.05) is 66.7 Å². The molecule has 134 valence electrons. The molecule has 0 radical (unpaired) electrons. The van der Waals surface area contributed by atoms with Crippen molar-refractivity contribution in [1.29, 1.82) is 0 Å². The van der Waals surface area contributed by atoms with Gasteiger partial charge in [0.05, 0.1) is 16.3 Å². The lowest BCUT2D eigenvalue weighted by molar-refractivity contribution is 0.601. The smallest absolute Gasteiger partial charge is 0.177 e. The van der Waals surface area contributed by atoms with Crippen LogP contribution in [0.25, 0.3) is 28.3 Å². The van der Waals surface area contributed by atoms with Gasteiger partial charge in [0.2, 0.25) is 0 Å². The molecule has 0 fully saturated rings. The summed E-state index contributed by atoms with van der Waals surface area (Å²) >= 11 is 0. The van der Waals surface area contributed by atoms with Crippen LogP contribution >= 0.6 is 0 Å². The van der Waals surface area contributed by atoms with Gasteiger partial charge in [-0.15, -0.1) is 0 Å². The summed E-state index contributed by atoms with van der Waals surface area (Å²) in [7, 11) is -3.29. The zero-order valence-electron chi connectivity index (χ0n) is 14.6. The zero-order valence-corrected chi connectivity index (χ0v) is 15.5. The van der Waals surface area contributed by atoms with E-state index < -0.39 is 9.84 Å². The molecule has 0 amide bonds. The van der Waals surface area contributed by atoms with Gasteiger partial charge in [-0.2, -0.15) is 5.10 Å². The Hall–Kier alpha value is -3.25. The molecule has 0 aliphatic heterocycles. The Bertz CT molecular complexity index is 1170. The number of pyridine rings is 1. The average molecular weight is 375 g/mol. The number of hydrogen-bond acceptors (Lipinski definition) is 4. The number of rotatable bonds is 4. The summed E-state index contributed by atoms with van der Waals surface area (Å²) in [5.74, 6) is 0.559. The molecule has 0 unspecified atom stereocenters. The molecular weight excluding hydrogens is 358 g/mol. The van der Waals surface area contributed by atoms with Gasteiger partial charge < -0.3 is 0 Å². The third-order valence-electron chi connectivity index (χ3n) is 4.21. The number of hydrogen-bond donors (Lipinski definition) is 0. The van der Waals surface area contributed by atoms with E-state index in [-0.39, 0.29) is 4.90 Å². The second-order valence-electron chi connectivity index (χ2n) is 6.18. The monoisotopic (exact) mass is 375 g/mol. The molecule has 4 rings (SSSR count). The van der Waals surface area contributed by atoms with Gasteiger partial charge in [-0.05, 0) is 18.2 Å². The summed E-state index contributed by atoms with van der Waals surface area (Å²) in [6.07, 6.45) is 2.53. The predicted molar refractivity (Wildman–Crippen MR) is 105 cm³/mol. The Balaban J connectivity index is 1.87. The molecule has 0 bridgehead atoms. The summed E-state index contributed by atoms with van der Waals surface area (Å²) in [5.41, 5.74) is 3.71. The SMILES string of the molecule is CS(=O)(=O)c1ccc(-n2nc(-c3ccccc3)cc2-c2ccccc2)nc1. The van der Waals surface area contributed by atoms with Gasteiger partial charge in [0, 0.05) is 23.6 Å². The van der Waals surface area contributed by atoms with Crippen molar-refractivity contribution in [2.24, 2.45) is 0 Å². The molecule has 0 atom stereocenters. The Morgan fingerprint density at radius 2 is 1.44 bits per heavy atom. The molecule has 0 saturated carbocycles. The highest BCUT2D eigenvalue weighted by atomic mass is 32.2. The minimum absolute atomic E-state index is 0.183. The van der Waals surface area contributed by atoms with Crippen molar-refractivity contribution in [2.75, 3.05) is 6.26 Å². The highest BCUT2D eigenvalue weighted by molar-refractivity contribution is 7.90. The zero-order chi connectivity index (χ0) is 18.9. The fourth-order valence-electron chi connectivity index (χ4n) is 2.84. The summed E-state index contributed by atoms with van der Waals surface area (Å²) in [6.45, 7) is 0. The lowest BCUT2D eigenvalue weighted by Gasteiger charge is -2.07. The van der Waals surface area contributed by atoms with Gasteiger partial charge in [-0.1, -0.05) is 60.7 Å². The van der Waals surface area contributed by atoms with E-state index in [1.54, 1.807) is 16.8 Å². The molecule has 0 spiro atoms. The number of benzene rings is 2. The van der Waals surface area contributed by atoms with E-state index in [1.165, 1.54) is 12.5 Å². The second kappa shape index (κ2) is 6.81. The van der Waals surface area contributed by atoms with Crippen molar-refractivity contribution in [1.82, 2.24) is 14.8 Å². The quantitative estimate of drug-likeness (QED) is 0.541. The van der Waals surface area contributed by atoms with Crippen molar-refractivity contribution in [3.8, 4) is 28.3 Å². The Labute approximate surface area is 157 Å². The van der Waals surface area contributed by atoms with Crippen molar-refractivity contribution in [3.63, 3.8) is 0 Å². The van der Waals surface area contributed by atoms with Gasteiger partial charge in [0.1, 0.15) is 0 Å². The molecule has 6 heteroatoms. The molecule has 0 N–H and O–H groups in total.